The van der Waals surface area contributed by atoms with Gasteiger partial charge in [-0.25, -0.2) is 0 Å². The molecular formula is C8H10N2O2S. The first kappa shape index (κ1) is 9.98. The number of hydrogen-bond acceptors (Lipinski definition) is 4. The molecule has 0 fully saturated rings. The Morgan fingerprint density at radius 1 is 1.62 bits per heavy atom. The van der Waals surface area contributed by atoms with Gasteiger partial charge < -0.3 is 5.11 Å². The summed E-state index contributed by atoms with van der Waals surface area (Å²) >= 11 is 1.18. The molecule has 0 bridgehead atoms. The highest BCUT2D eigenvalue weighted by molar-refractivity contribution is 8.01. The van der Waals surface area contributed by atoms with Gasteiger partial charge in [0.2, 0.25) is 0 Å². The average Bonchev–Trinajstić information content (AvgIpc) is 2.05. The lowest BCUT2D eigenvalue weighted by molar-refractivity contribution is -0.138. The Kier molecular flexibility index (Phi) is 2.87. The number of carboxylic acids is 1. The largest absolute Gasteiger partial charge is 0.480 e. The molecular weight excluding hydrogens is 188 g/mol. The number of aromatic nitrogens is 2. The van der Waals surface area contributed by atoms with E-state index in [1.54, 1.807) is 32.2 Å². The topological polar surface area (TPSA) is 63.1 Å². The van der Waals surface area contributed by atoms with Gasteiger partial charge in [0, 0.05) is 6.20 Å². The summed E-state index contributed by atoms with van der Waals surface area (Å²) in [5.74, 6) is -0.858. The molecule has 13 heavy (non-hydrogen) atoms. The van der Waals surface area contributed by atoms with E-state index in [4.69, 9.17) is 5.11 Å². The second kappa shape index (κ2) is 3.74. The summed E-state index contributed by atoms with van der Waals surface area (Å²) in [6.45, 7) is 3.27. The molecule has 5 heteroatoms. The summed E-state index contributed by atoms with van der Waals surface area (Å²) in [7, 11) is 0. The third kappa shape index (κ3) is 2.69. The van der Waals surface area contributed by atoms with Crippen molar-refractivity contribution in [1.82, 2.24) is 10.2 Å². The van der Waals surface area contributed by atoms with E-state index in [1.165, 1.54) is 11.8 Å². The molecule has 1 aromatic rings. The van der Waals surface area contributed by atoms with Crippen LogP contribution in [-0.4, -0.2) is 26.0 Å². The van der Waals surface area contributed by atoms with Gasteiger partial charge in [-0.1, -0.05) is 11.8 Å². The van der Waals surface area contributed by atoms with Crippen molar-refractivity contribution in [3.8, 4) is 0 Å². The van der Waals surface area contributed by atoms with Crippen molar-refractivity contribution in [2.75, 3.05) is 0 Å². The zero-order valence-corrected chi connectivity index (χ0v) is 8.21. The quantitative estimate of drug-likeness (QED) is 0.744. The minimum Gasteiger partial charge on any atom is -0.480 e. The molecule has 1 aromatic heterocycles. The summed E-state index contributed by atoms with van der Waals surface area (Å²) in [5, 5.41) is 16.9. The SMILES string of the molecule is CC(C)(Sc1cccnn1)C(=O)O. The van der Waals surface area contributed by atoms with Crippen LogP contribution in [0.2, 0.25) is 0 Å². The molecule has 0 aliphatic heterocycles. The first-order valence-electron chi connectivity index (χ1n) is 3.72. The molecule has 1 N–H and O–H groups in total. The van der Waals surface area contributed by atoms with Crippen LogP contribution in [0.5, 0.6) is 0 Å². The van der Waals surface area contributed by atoms with Gasteiger partial charge in [-0.2, -0.15) is 5.10 Å². The Balaban J connectivity index is 2.75. The van der Waals surface area contributed by atoms with Gasteiger partial charge in [0.1, 0.15) is 9.77 Å². The lowest BCUT2D eigenvalue weighted by Crippen LogP contribution is -2.27. The Morgan fingerprint density at radius 2 is 2.31 bits per heavy atom. The van der Waals surface area contributed by atoms with Crippen LogP contribution in [0.4, 0.5) is 0 Å². The van der Waals surface area contributed by atoms with E-state index < -0.39 is 10.7 Å². The van der Waals surface area contributed by atoms with E-state index in [9.17, 15) is 4.79 Å². The van der Waals surface area contributed by atoms with Crippen LogP contribution in [0.25, 0.3) is 0 Å². The third-order valence-corrected chi connectivity index (χ3v) is 2.53. The minimum absolute atomic E-state index is 0.620. The smallest absolute Gasteiger partial charge is 0.319 e. The van der Waals surface area contributed by atoms with Gasteiger partial charge in [-0.05, 0) is 26.0 Å². The number of nitrogens with zero attached hydrogens (tertiary/aromatic N) is 2. The van der Waals surface area contributed by atoms with Crippen molar-refractivity contribution in [3.05, 3.63) is 18.3 Å². The van der Waals surface area contributed by atoms with Crippen molar-refractivity contribution in [3.63, 3.8) is 0 Å². The third-order valence-electron chi connectivity index (χ3n) is 1.42. The Hall–Kier alpha value is -1.10. The molecule has 0 aromatic carbocycles. The van der Waals surface area contributed by atoms with E-state index in [-0.39, 0.29) is 0 Å². The van der Waals surface area contributed by atoms with Gasteiger partial charge in [0.05, 0.1) is 0 Å². The van der Waals surface area contributed by atoms with Crippen LogP contribution in [-0.2, 0) is 4.79 Å². The summed E-state index contributed by atoms with van der Waals surface area (Å²) in [6, 6.07) is 3.47. The monoisotopic (exact) mass is 198 g/mol. The summed E-state index contributed by atoms with van der Waals surface area (Å²) in [4.78, 5) is 10.8. The first-order valence-corrected chi connectivity index (χ1v) is 4.54. The molecule has 0 atom stereocenters. The Labute approximate surface area is 80.4 Å². The highest BCUT2D eigenvalue weighted by Gasteiger charge is 2.28. The number of carbonyl (C=O) groups is 1. The molecule has 1 heterocycles. The summed E-state index contributed by atoms with van der Waals surface area (Å²) < 4.78 is -0.865. The summed E-state index contributed by atoms with van der Waals surface area (Å²) in [5.41, 5.74) is 0. The van der Waals surface area contributed by atoms with Crippen molar-refractivity contribution in [1.29, 1.82) is 0 Å². The van der Waals surface area contributed by atoms with Crippen molar-refractivity contribution in [2.24, 2.45) is 0 Å². The number of rotatable bonds is 3. The van der Waals surface area contributed by atoms with E-state index in [0.717, 1.165) is 0 Å². The predicted octanol–water partition coefficient (Wildman–Crippen LogP) is 1.43. The molecule has 0 unspecified atom stereocenters. The van der Waals surface area contributed by atoms with Gasteiger partial charge in [0.15, 0.2) is 0 Å². The average molecular weight is 198 g/mol. The summed E-state index contributed by atoms with van der Waals surface area (Å²) in [6.07, 6.45) is 1.55. The second-order valence-electron chi connectivity index (χ2n) is 2.98. The maximum Gasteiger partial charge on any atom is 0.319 e. The van der Waals surface area contributed by atoms with Crippen LogP contribution in [0.3, 0.4) is 0 Å². The highest BCUT2D eigenvalue weighted by atomic mass is 32.2. The molecule has 0 spiro atoms. The van der Waals surface area contributed by atoms with E-state index in [1.807, 2.05) is 0 Å². The second-order valence-corrected chi connectivity index (χ2v) is 4.62. The maximum atomic E-state index is 10.8. The minimum atomic E-state index is -0.865. The van der Waals surface area contributed by atoms with Gasteiger partial charge in [-0.15, -0.1) is 5.10 Å². The van der Waals surface area contributed by atoms with Gasteiger partial charge in [-0.3, -0.25) is 4.79 Å². The molecule has 0 amide bonds. The predicted molar refractivity (Wildman–Crippen MR) is 49.6 cm³/mol. The number of hydrogen-bond donors (Lipinski definition) is 1. The van der Waals surface area contributed by atoms with Crippen LogP contribution in [0.1, 0.15) is 13.8 Å². The molecule has 4 nitrogen and oxygen atoms in total. The van der Waals surface area contributed by atoms with Crippen LogP contribution in [0.15, 0.2) is 23.4 Å². The molecule has 0 saturated carbocycles. The number of thioether (sulfide) groups is 1. The first-order chi connectivity index (χ1) is 6.02. The zero-order chi connectivity index (χ0) is 9.90. The maximum absolute atomic E-state index is 10.8. The number of carboxylic acid groups (broad SMARTS) is 1. The van der Waals surface area contributed by atoms with Crippen LogP contribution < -0.4 is 0 Å². The van der Waals surface area contributed by atoms with E-state index in [2.05, 4.69) is 10.2 Å². The molecule has 1 rings (SSSR count). The highest BCUT2D eigenvalue weighted by Crippen LogP contribution is 2.30. The fourth-order valence-corrected chi connectivity index (χ4v) is 1.49. The normalized spacial score (nSPS) is 11.2. The number of aliphatic carboxylic acids is 1. The molecule has 70 valence electrons. The lowest BCUT2D eigenvalue weighted by Gasteiger charge is -2.16. The molecule has 0 saturated heterocycles. The Bertz CT molecular complexity index is 300. The molecule has 0 aliphatic carbocycles. The van der Waals surface area contributed by atoms with E-state index >= 15 is 0 Å². The fraction of sp³-hybridized carbons (Fsp3) is 0.375. The standard InChI is InChI=1S/C8H10N2O2S/c1-8(2,7(11)12)13-6-4-3-5-9-10-6/h3-5H,1-2H3,(H,11,12). The van der Waals surface area contributed by atoms with Gasteiger partial charge >= 0.3 is 5.97 Å². The van der Waals surface area contributed by atoms with Gasteiger partial charge in [0.25, 0.3) is 0 Å². The molecule has 0 radical (unpaired) electrons. The van der Waals surface area contributed by atoms with Crippen molar-refractivity contribution >= 4 is 17.7 Å². The fourth-order valence-electron chi connectivity index (χ4n) is 0.647. The van der Waals surface area contributed by atoms with Crippen LogP contribution in [0, 0.1) is 0 Å². The van der Waals surface area contributed by atoms with Crippen LogP contribution >= 0.6 is 11.8 Å². The zero-order valence-electron chi connectivity index (χ0n) is 7.39. The Morgan fingerprint density at radius 3 is 2.77 bits per heavy atom. The van der Waals surface area contributed by atoms with Crippen molar-refractivity contribution < 1.29 is 9.90 Å². The molecule has 0 aliphatic rings. The van der Waals surface area contributed by atoms with Crippen molar-refractivity contribution in [2.45, 2.75) is 23.6 Å². The van der Waals surface area contributed by atoms with E-state index in [0.29, 0.717) is 5.03 Å². The lowest BCUT2D eigenvalue weighted by atomic mass is 10.2.